The molecular formula is C26H30O3. The summed E-state index contributed by atoms with van der Waals surface area (Å²) in [5.41, 5.74) is 6.50. The smallest absolute Gasteiger partial charge is 0.251 e. The summed E-state index contributed by atoms with van der Waals surface area (Å²) in [7, 11) is 0. The zero-order chi connectivity index (χ0) is 19.6. The van der Waals surface area contributed by atoms with Crippen molar-refractivity contribution in [1.29, 1.82) is 0 Å². The molecule has 3 heteroatoms. The molecule has 2 fully saturated rings. The zero-order valence-corrected chi connectivity index (χ0v) is 17.4. The molecule has 0 aromatic heterocycles. The Morgan fingerprint density at radius 2 is 1.45 bits per heavy atom. The molecule has 0 radical (unpaired) electrons. The first-order valence-electron chi connectivity index (χ1n) is 11.5. The molecule has 2 spiro atoms. The summed E-state index contributed by atoms with van der Waals surface area (Å²) in [6.45, 7) is 2.18. The average molecular weight is 391 g/mol. The number of hydrogen-bond acceptors (Lipinski definition) is 3. The van der Waals surface area contributed by atoms with Crippen molar-refractivity contribution in [2.24, 2.45) is 5.41 Å². The molecule has 3 aliphatic carbocycles. The van der Waals surface area contributed by atoms with Gasteiger partial charge in [-0.25, -0.2) is 0 Å². The van der Waals surface area contributed by atoms with Gasteiger partial charge in [0.2, 0.25) is 0 Å². The number of benzene rings is 2. The van der Waals surface area contributed by atoms with Crippen LogP contribution in [0.3, 0.4) is 0 Å². The van der Waals surface area contributed by atoms with E-state index in [4.69, 9.17) is 9.47 Å². The Balaban J connectivity index is 1.49. The van der Waals surface area contributed by atoms with Gasteiger partial charge in [0.25, 0.3) is 5.79 Å². The lowest BCUT2D eigenvalue weighted by molar-refractivity contribution is -0.0717. The third kappa shape index (κ3) is 2.55. The first-order valence-corrected chi connectivity index (χ1v) is 11.5. The molecular weight excluding hydrogens is 360 g/mol. The van der Waals surface area contributed by atoms with E-state index in [0.717, 1.165) is 49.2 Å². The van der Waals surface area contributed by atoms with Crippen molar-refractivity contribution in [2.75, 3.05) is 0 Å². The van der Waals surface area contributed by atoms with Crippen molar-refractivity contribution in [3.63, 3.8) is 0 Å². The standard InChI is InChI=1S/C26H30O3/c1-2-17-7-8-19(24-23(17)28-26(29-24)13-5-6-14-26)18-9-10-22(27)21-16-25(15-20(18)21)11-3-4-12-25/h7-10,27H,2-6,11-16H2,1H3. The molecule has 0 unspecified atom stereocenters. The van der Waals surface area contributed by atoms with Crippen LogP contribution in [0.4, 0.5) is 0 Å². The first kappa shape index (κ1) is 17.7. The molecule has 1 aliphatic heterocycles. The molecule has 0 atom stereocenters. The molecule has 4 aliphatic rings. The zero-order valence-electron chi connectivity index (χ0n) is 17.4. The molecule has 0 saturated heterocycles. The summed E-state index contributed by atoms with van der Waals surface area (Å²) in [4.78, 5) is 0. The summed E-state index contributed by atoms with van der Waals surface area (Å²) >= 11 is 0. The van der Waals surface area contributed by atoms with Gasteiger partial charge < -0.3 is 14.6 Å². The highest BCUT2D eigenvalue weighted by molar-refractivity contribution is 5.80. The normalized spacial score (nSPS) is 22.7. The van der Waals surface area contributed by atoms with Crippen molar-refractivity contribution < 1.29 is 14.6 Å². The minimum Gasteiger partial charge on any atom is -0.508 e. The van der Waals surface area contributed by atoms with E-state index in [2.05, 4.69) is 25.1 Å². The quantitative estimate of drug-likeness (QED) is 0.652. The van der Waals surface area contributed by atoms with Gasteiger partial charge in [-0.2, -0.15) is 0 Å². The topological polar surface area (TPSA) is 38.7 Å². The maximum Gasteiger partial charge on any atom is 0.251 e. The number of phenols is 1. The number of aryl methyl sites for hydroxylation is 1. The van der Waals surface area contributed by atoms with Gasteiger partial charge in [-0.1, -0.05) is 38.0 Å². The van der Waals surface area contributed by atoms with Gasteiger partial charge in [0.05, 0.1) is 0 Å². The monoisotopic (exact) mass is 390 g/mol. The number of phenolic OH excluding ortho intramolecular Hbond substituents is 1. The summed E-state index contributed by atoms with van der Waals surface area (Å²) in [5.74, 6) is 1.92. The number of hydrogen-bond donors (Lipinski definition) is 1. The molecule has 152 valence electrons. The third-order valence-electron chi connectivity index (χ3n) is 7.98. The largest absolute Gasteiger partial charge is 0.508 e. The van der Waals surface area contributed by atoms with Crippen LogP contribution in [0.2, 0.25) is 0 Å². The van der Waals surface area contributed by atoms with Gasteiger partial charge in [0.1, 0.15) is 5.75 Å². The number of rotatable bonds is 2. The minimum absolute atomic E-state index is 0.368. The molecule has 1 N–H and O–H groups in total. The Hall–Kier alpha value is -2.16. The Kier molecular flexibility index (Phi) is 3.76. The molecule has 3 nitrogen and oxygen atoms in total. The van der Waals surface area contributed by atoms with E-state index in [-0.39, 0.29) is 0 Å². The van der Waals surface area contributed by atoms with Gasteiger partial charge in [0.15, 0.2) is 11.5 Å². The van der Waals surface area contributed by atoms with E-state index in [9.17, 15) is 5.11 Å². The maximum absolute atomic E-state index is 10.6. The fourth-order valence-electron chi connectivity index (χ4n) is 6.44. The molecule has 2 aromatic carbocycles. The highest BCUT2D eigenvalue weighted by Crippen LogP contribution is 2.56. The third-order valence-corrected chi connectivity index (χ3v) is 7.98. The molecule has 29 heavy (non-hydrogen) atoms. The van der Waals surface area contributed by atoms with Crippen LogP contribution in [0.15, 0.2) is 24.3 Å². The Morgan fingerprint density at radius 1 is 0.793 bits per heavy atom. The molecule has 0 bridgehead atoms. The van der Waals surface area contributed by atoms with Crippen molar-refractivity contribution in [3.05, 3.63) is 41.0 Å². The van der Waals surface area contributed by atoms with E-state index in [1.165, 1.54) is 60.8 Å². The first-order chi connectivity index (χ1) is 14.1. The number of ether oxygens (including phenoxy) is 2. The van der Waals surface area contributed by atoms with Gasteiger partial charge in [-0.3, -0.25) is 0 Å². The second-order valence-corrected chi connectivity index (χ2v) is 9.76. The van der Waals surface area contributed by atoms with E-state index in [0.29, 0.717) is 11.2 Å². The highest BCUT2D eigenvalue weighted by Gasteiger charge is 2.47. The molecule has 1 heterocycles. The molecule has 2 aromatic rings. The van der Waals surface area contributed by atoms with Crippen LogP contribution in [0, 0.1) is 5.41 Å². The second kappa shape index (κ2) is 6.17. The van der Waals surface area contributed by atoms with Crippen LogP contribution in [0.1, 0.15) is 75.0 Å². The summed E-state index contributed by atoms with van der Waals surface area (Å²) in [5, 5.41) is 10.6. The van der Waals surface area contributed by atoms with Crippen LogP contribution < -0.4 is 9.47 Å². The molecule has 2 saturated carbocycles. The summed E-state index contributed by atoms with van der Waals surface area (Å²) in [6, 6.07) is 8.43. The summed E-state index contributed by atoms with van der Waals surface area (Å²) < 4.78 is 13.1. The fraction of sp³-hybridized carbons (Fsp3) is 0.538. The van der Waals surface area contributed by atoms with E-state index in [1.807, 2.05) is 6.07 Å². The van der Waals surface area contributed by atoms with Crippen LogP contribution >= 0.6 is 0 Å². The van der Waals surface area contributed by atoms with Crippen LogP contribution in [-0.4, -0.2) is 10.9 Å². The van der Waals surface area contributed by atoms with Crippen LogP contribution in [0.25, 0.3) is 11.1 Å². The fourth-order valence-corrected chi connectivity index (χ4v) is 6.44. The maximum atomic E-state index is 10.6. The van der Waals surface area contributed by atoms with Gasteiger partial charge in [-0.15, -0.1) is 0 Å². The van der Waals surface area contributed by atoms with Gasteiger partial charge in [-0.05, 0) is 78.7 Å². The lowest BCUT2D eigenvalue weighted by atomic mass is 9.83. The molecule has 6 rings (SSSR count). The van der Waals surface area contributed by atoms with Crippen LogP contribution in [-0.2, 0) is 19.3 Å². The van der Waals surface area contributed by atoms with Gasteiger partial charge in [0, 0.05) is 18.4 Å². The van der Waals surface area contributed by atoms with Crippen molar-refractivity contribution in [1.82, 2.24) is 0 Å². The van der Waals surface area contributed by atoms with Crippen molar-refractivity contribution in [2.45, 2.75) is 83.3 Å². The summed E-state index contributed by atoms with van der Waals surface area (Å²) in [6.07, 6.45) is 12.6. The second-order valence-electron chi connectivity index (χ2n) is 9.76. The van der Waals surface area contributed by atoms with E-state index in [1.54, 1.807) is 0 Å². The van der Waals surface area contributed by atoms with E-state index < -0.39 is 5.79 Å². The number of aromatic hydroxyl groups is 1. The SMILES string of the molecule is CCc1ccc(-c2ccc(O)c3c2CC2(CCCC2)C3)c2c1OC1(CCCC1)O2. The lowest BCUT2D eigenvalue weighted by Crippen LogP contribution is -2.34. The predicted molar refractivity (Wildman–Crippen MR) is 114 cm³/mol. The number of fused-ring (bicyclic) bond motifs is 2. The minimum atomic E-state index is -0.449. The Labute approximate surface area is 173 Å². The average Bonchev–Trinajstić information content (AvgIpc) is 3.50. The van der Waals surface area contributed by atoms with Crippen molar-refractivity contribution in [3.8, 4) is 28.4 Å². The van der Waals surface area contributed by atoms with E-state index >= 15 is 0 Å². The Morgan fingerprint density at radius 3 is 2.21 bits per heavy atom. The van der Waals surface area contributed by atoms with Crippen LogP contribution in [0.5, 0.6) is 17.2 Å². The lowest BCUT2D eigenvalue weighted by Gasteiger charge is -2.22. The Bertz CT molecular complexity index is 978. The van der Waals surface area contributed by atoms with Crippen molar-refractivity contribution >= 4 is 0 Å². The molecule has 0 amide bonds. The highest BCUT2D eigenvalue weighted by atomic mass is 16.7. The predicted octanol–water partition coefficient (Wildman–Crippen LogP) is 6.32. The van der Waals surface area contributed by atoms with Gasteiger partial charge >= 0.3 is 0 Å².